The molecule has 146 valence electrons. The van der Waals surface area contributed by atoms with E-state index in [1.54, 1.807) is 12.1 Å². The van der Waals surface area contributed by atoms with Crippen molar-refractivity contribution in [2.75, 3.05) is 37.4 Å². The average molecular weight is 384 g/mol. The van der Waals surface area contributed by atoms with Crippen molar-refractivity contribution in [1.82, 2.24) is 4.90 Å². The molecule has 2 aromatic carbocycles. The summed E-state index contributed by atoms with van der Waals surface area (Å²) in [7, 11) is 4.07. The number of nitrogens with zero attached hydrogens (tertiary/aromatic N) is 3. The maximum absolute atomic E-state index is 14.6. The number of carbonyl (C=O) groups excluding carboxylic acids is 1. The first-order valence-electron chi connectivity index (χ1n) is 9.28. The molecule has 2 heterocycles. The molecule has 1 fully saturated rings. The van der Waals surface area contributed by atoms with Crippen molar-refractivity contribution in [2.45, 2.75) is 18.4 Å². The molecular formula is C21H22F2N4O. The second-order valence-electron chi connectivity index (χ2n) is 7.46. The van der Waals surface area contributed by atoms with E-state index in [2.05, 4.69) is 15.2 Å². The predicted molar refractivity (Wildman–Crippen MR) is 107 cm³/mol. The van der Waals surface area contributed by atoms with Crippen LogP contribution in [-0.4, -0.2) is 50.2 Å². The van der Waals surface area contributed by atoms with Crippen LogP contribution in [0, 0.1) is 11.6 Å². The molecule has 1 N–H and O–H groups in total. The Hall–Kier alpha value is -2.80. The van der Waals surface area contributed by atoms with Crippen LogP contribution in [0.25, 0.3) is 0 Å². The zero-order chi connectivity index (χ0) is 19.8. The van der Waals surface area contributed by atoms with Gasteiger partial charge < -0.3 is 15.1 Å². The number of halogens is 2. The van der Waals surface area contributed by atoms with E-state index < -0.39 is 11.7 Å². The van der Waals surface area contributed by atoms with Gasteiger partial charge in [-0.2, -0.15) is 0 Å². The minimum atomic E-state index is -0.687. The number of likely N-dealkylation sites (N-methyl/N-ethyl adjacent to an activating group) is 1. The molecule has 0 radical (unpaired) electrons. The zero-order valence-corrected chi connectivity index (χ0v) is 15.8. The van der Waals surface area contributed by atoms with Crippen LogP contribution in [0.2, 0.25) is 0 Å². The molecule has 0 saturated carbocycles. The zero-order valence-electron chi connectivity index (χ0n) is 15.8. The maximum Gasteiger partial charge on any atom is 0.237 e. The van der Waals surface area contributed by atoms with E-state index in [1.807, 2.05) is 19.0 Å². The van der Waals surface area contributed by atoms with Crippen molar-refractivity contribution in [3.63, 3.8) is 0 Å². The van der Waals surface area contributed by atoms with E-state index in [0.717, 1.165) is 19.5 Å². The molecule has 0 spiro atoms. The number of nitrogens with one attached hydrogen (secondary N) is 1. The highest BCUT2D eigenvalue weighted by Gasteiger charge is 2.29. The van der Waals surface area contributed by atoms with Gasteiger partial charge in [-0.25, -0.2) is 8.78 Å². The van der Waals surface area contributed by atoms with Crippen molar-refractivity contribution < 1.29 is 13.6 Å². The van der Waals surface area contributed by atoms with Crippen LogP contribution in [0.4, 0.5) is 25.8 Å². The van der Waals surface area contributed by atoms with Gasteiger partial charge in [0.05, 0.1) is 11.4 Å². The lowest BCUT2D eigenvalue weighted by Crippen LogP contribution is -2.31. The molecule has 7 heteroatoms. The van der Waals surface area contributed by atoms with E-state index in [9.17, 15) is 13.6 Å². The van der Waals surface area contributed by atoms with Crippen LogP contribution in [0.5, 0.6) is 0 Å². The van der Waals surface area contributed by atoms with Crippen molar-refractivity contribution in [1.29, 1.82) is 0 Å². The summed E-state index contributed by atoms with van der Waals surface area (Å²) in [4.78, 5) is 20.6. The van der Waals surface area contributed by atoms with Gasteiger partial charge in [0, 0.05) is 37.1 Å². The number of carbonyl (C=O) groups is 1. The van der Waals surface area contributed by atoms with E-state index >= 15 is 0 Å². The Morgan fingerprint density at radius 2 is 2.04 bits per heavy atom. The second-order valence-corrected chi connectivity index (χ2v) is 7.46. The van der Waals surface area contributed by atoms with Gasteiger partial charge in [-0.05, 0) is 56.4 Å². The SMILES string of the molecule is CN(C)C1CCN(c2ccc(N=CC3C(=O)Nc4ccc(F)cc43)cc2F)C1. The van der Waals surface area contributed by atoms with Gasteiger partial charge in [-0.3, -0.25) is 9.79 Å². The first-order valence-corrected chi connectivity index (χ1v) is 9.28. The number of rotatable bonds is 4. The summed E-state index contributed by atoms with van der Waals surface area (Å²) >= 11 is 0. The van der Waals surface area contributed by atoms with Crippen LogP contribution >= 0.6 is 0 Å². The summed E-state index contributed by atoms with van der Waals surface area (Å²) in [5, 5.41) is 2.70. The van der Waals surface area contributed by atoms with E-state index in [4.69, 9.17) is 0 Å². The molecule has 2 aliphatic rings. The highest BCUT2D eigenvalue weighted by atomic mass is 19.1. The first-order chi connectivity index (χ1) is 13.4. The molecule has 28 heavy (non-hydrogen) atoms. The minimum Gasteiger partial charge on any atom is -0.368 e. The summed E-state index contributed by atoms with van der Waals surface area (Å²) in [6.45, 7) is 1.60. The number of anilines is 2. The fourth-order valence-electron chi connectivity index (χ4n) is 3.78. The predicted octanol–water partition coefficient (Wildman–Crippen LogP) is 3.54. The highest BCUT2D eigenvalue weighted by molar-refractivity contribution is 6.12. The molecule has 2 aliphatic heterocycles. The van der Waals surface area contributed by atoms with Crippen molar-refractivity contribution in [3.8, 4) is 0 Å². The second kappa shape index (κ2) is 7.31. The average Bonchev–Trinajstić information content (AvgIpc) is 3.25. The Labute approximate surface area is 162 Å². The van der Waals surface area contributed by atoms with Crippen molar-refractivity contribution in [3.05, 3.63) is 53.6 Å². The Morgan fingerprint density at radius 3 is 2.75 bits per heavy atom. The fourth-order valence-corrected chi connectivity index (χ4v) is 3.78. The smallest absolute Gasteiger partial charge is 0.237 e. The fraction of sp³-hybridized carbons (Fsp3) is 0.333. The molecule has 4 rings (SSSR count). The molecule has 2 aromatic rings. The number of fused-ring (bicyclic) bond motifs is 1. The summed E-state index contributed by atoms with van der Waals surface area (Å²) in [6, 6.07) is 9.39. The summed E-state index contributed by atoms with van der Waals surface area (Å²) in [5.74, 6) is -1.71. The lowest BCUT2D eigenvalue weighted by atomic mass is 10.0. The third-order valence-electron chi connectivity index (χ3n) is 5.43. The first kappa shape index (κ1) is 18.6. The van der Waals surface area contributed by atoms with Gasteiger partial charge in [0.1, 0.15) is 17.6 Å². The van der Waals surface area contributed by atoms with Gasteiger partial charge in [0.25, 0.3) is 0 Å². The molecule has 2 unspecified atom stereocenters. The normalized spacial score (nSPS) is 21.6. The van der Waals surface area contributed by atoms with Crippen LogP contribution in [0.1, 0.15) is 17.9 Å². The molecule has 1 amide bonds. The largest absolute Gasteiger partial charge is 0.368 e. The van der Waals surface area contributed by atoms with E-state index in [1.165, 1.54) is 30.5 Å². The number of hydrogen-bond donors (Lipinski definition) is 1. The van der Waals surface area contributed by atoms with Crippen LogP contribution in [-0.2, 0) is 4.79 Å². The van der Waals surface area contributed by atoms with Crippen LogP contribution < -0.4 is 10.2 Å². The number of amides is 1. The van der Waals surface area contributed by atoms with Crippen LogP contribution in [0.3, 0.4) is 0 Å². The molecule has 2 atom stereocenters. The third-order valence-corrected chi connectivity index (χ3v) is 5.43. The number of aliphatic imine (C=N–C) groups is 1. The Balaban J connectivity index is 1.52. The monoisotopic (exact) mass is 384 g/mol. The molecule has 0 aliphatic carbocycles. The molecule has 0 aromatic heterocycles. The minimum absolute atomic E-state index is 0.270. The van der Waals surface area contributed by atoms with Gasteiger partial charge >= 0.3 is 0 Å². The summed E-state index contributed by atoms with van der Waals surface area (Å²) < 4.78 is 28.1. The molecule has 0 bridgehead atoms. The number of benzene rings is 2. The van der Waals surface area contributed by atoms with E-state index in [0.29, 0.717) is 28.7 Å². The molecule has 5 nitrogen and oxygen atoms in total. The standard InChI is InChI=1S/C21H22F2N4O/c1-26(2)15-7-8-27(12-15)20-6-4-14(10-18(20)23)24-11-17-16-9-13(22)3-5-19(16)25-21(17)28/h3-6,9-11,15,17H,7-8,12H2,1-2H3,(H,25,28). The van der Waals surface area contributed by atoms with Crippen LogP contribution in [0.15, 0.2) is 41.4 Å². The van der Waals surface area contributed by atoms with Gasteiger partial charge in [-0.1, -0.05) is 0 Å². The van der Waals surface area contributed by atoms with E-state index in [-0.39, 0.29) is 11.7 Å². The van der Waals surface area contributed by atoms with Gasteiger partial charge in [0.15, 0.2) is 0 Å². The Bertz CT molecular complexity index is 944. The Kier molecular flexibility index (Phi) is 4.85. The third kappa shape index (κ3) is 3.49. The Morgan fingerprint density at radius 1 is 1.21 bits per heavy atom. The van der Waals surface area contributed by atoms with Gasteiger partial charge in [-0.15, -0.1) is 0 Å². The summed E-state index contributed by atoms with van der Waals surface area (Å²) in [5.41, 5.74) is 2.10. The quantitative estimate of drug-likeness (QED) is 0.821. The van der Waals surface area contributed by atoms with Crippen molar-refractivity contribution >= 4 is 29.2 Å². The molecule has 1 saturated heterocycles. The topological polar surface area (TPSA) is 47.9 Å². The van der Waals surface area contributed by atoms with Gasteiger partial charge in [0.2, 0.25) is 5.91 Å². The highest BCUT2D eigenvalue weighted by Crippen LogP contribution is 2.33. The number of hydrogen-bond acceptors (Lipinski definition) is 4. The lowest BCUT2D eigenvalue weighted by molar-refractivity contribution is -0.115. The maximum atomic E-state index is 14.6. The summed E-state index contributed by atoms with van der Waals surface area (Å²) in [6.07, 6.45) is 2.44. The lowest BCUT2D eigenvalue weighted by Gasteiger charge is -2.22. The molecular weight excluding hydrogens is 362 g/mol. The van der Waals surface area contributed by atoms with Crippen molar-refractivity contribution in [2.24, 2.45) is 4.99 Å².